The van der Waals surface area contributed by atoms with Crippen molar-refractivity contribution in [1.29, 1.82) is 0 Å². The summed E-state index contributed by atoms with van der Waals surface area (Å²) in [5.41, 5.74) is 0.934. The second-order valence-corrected chi connectivity index (χ2v) is 6.42. The zero-order valence-electron chi connectivity index (χ0n) is 9.62. The van der Waals surface area contributed by atoms with Crippen LogP contribution >= 0.6 is 0 Å². The standard InChI is InChI=1S/C10H15N3O3S/c1-11-6-9-12-8-3-5-17(15,16)4-2-7(8)10(14)13-9/h11H,2-6H2,1H3,(H,12,13,14). The van der Waals surface area contributed by atoms with Crippen molar-refractivity contribution in [2.24, 2.45) is 0 Å². The average Bonchev–Trinajstić information content (AvgIpc) is 2.39. The van der Waals surface area contributed by atoms with E-state index in [1.165, 1.54) is 0 Å². The fraction of sp³-hybridized carbons (Fsp3) is 0.600. The molecule has 17 heavy (non-hydrogen) atoms. The Morgan fingerprint density at radius 2 is 2.06 bits per heavy atom. The van der Waals surface area contributed by atoms with Crippen LogP contribution in [-0.2, 0) is 29.2 Å². The summed E-state index contributed by atoms with van der Waals surface area (Å²) in [7, 11) is -1.28. The summed E-state index contributed by atoms with van der Waals surface area (Å²) in [5, 5.41) is 2.90. The molecule has 94 valence electrons. The van der Waals surface area contributed by atoms with Crippen LogP contribution in [0.4, 0.5) is 0 Å². The van der Waals surface area contributed by atoms with Crippen molar-refractivity contribution >= 4 is 9.84 Å². The Balaban J connectivity index is 2.43. The van der Waals surface area contributed by atoms with Crippen molar-refractivity contribution in [3.05, 3.63) is 27.4 Å². The Morgan fingerprint density at radius 3 is 2.76 bits per heavy atom. The molecule has 0 amide bonds. The van der Waals surface area contributed by atoms with E-state index in [0.717, 1.165) is 0 Å². The molecule has 0 atom stereocenters. The molecule has 0 spiro atoms. The maximum absolute atomic E-state index is 11.8. The summed E-state index contributed by atoms with van der Waals surface area (Å²) >= 11 is 0. The Bertz CT molecular complexity index is 577. The predicted molar refractivity (Wildman–Crippen MR) is 63.7 cm³/mol. The zero-order chi connectivity index (χ0) is 12.5. The van der Waals surface area contributed by atoms with Crippen LogP contribution in [0.2, 0.25) is 0 Å². The third-order valence-corrected chi connectivity index (χ3v) is 4.46. The smallest absolute Gasteiger partial charge is 0.254 e. The van der Waals surface area contributed by atoms with Gasteiger partial charge in [-0.25, -0.2) is 13.4 Å². The second kappa shape index (κ2) is 4.58. The maximum Gasteiger partial charge on any atom is 0.254 e. The lowest BCUT2D eigenvalue weighted by molar-refractivity contribution is 0.596. The molecular formula is C10H15N3O3S. The van der Waals surface area contributed by atoms with Crippen LogP contribution in [0.3, 0.4) is 0 Å². The number of aromatic amines is 1. The molecule has 1 aliphatic heterocycles. The number of hydrogen-bond acceptors (Lipinski definition) is 5. The molecule has 0 aromatic carbocycles. The topological polar surface area (TPSA) is 91.9 Å². The Hall–Kier alpha value is -1.21. The van der Waals surface area contributed by atoms with Gasteiger partial charge in [0.15, 0.2) is 9.84 Å². The molecule has 1 aromatic rings. The molecule has 1 aromatic heterocycles. The molecule has 0 aliphatic carbocycles. The van der Waals surface area contributed by atoms with Crippen LogP contribution in [-0.4, -0.2) is 36.9 Å². The number of hydrogen-bond donors (Lipinski definition) is 2. The molecule has 2 N–H and O–H groups in total. The van der Waals surface area contributed by atoms with E-state index >= 15 is 0 Å². The largest absolute Gasteiger partial charge is 0.313 e. The van der Waals surface area contributed by atoms with Gasteiger partial charge in [-0.05, 0) is 13.5 Å². The van der Waals surface area contributed by atoms with Crippen molar-refractivity contribution in [3.63, 3.8) is 0 Å². The van der Waals surface area contributed by atoms with E-state index in [-0.39, 0.29) is 23.5 Å². The summed E-state index contributed by atoms with van der Waals surface area (Å²) in [6.45, 7) is 0.468. The van der Waals surface area contributed by atoms with Gasteiger partial charge in [0.1, 0.15) is 5.82 Å². The fourth-order valence-electron chi connectivity index (χ4n) is 1.92. The summed E-state index contributed by atoms with van der Waals surface area (Å²) in [5.74, 6) is 0.668. The highest BCUT2D eigenvalue weighted by molar-refractivity contribution is 7.91. The van der Waals surface area contributed by atoms with Gasteiger partial charge in [0.2, 0.25) is 0 Å². The minimum atomic E-state index is -3.04. The number of fused-ring (bicyclic) bond motifs is 1. The predicted octanol–water partition coefficient (Wildman–Crippen LogP) is -0.997. The van der Waals surface area contributed by atoms with E-state index in [1.807, 2.05) is 0 Å². The highest BCUT2D eigenvalue weighted by atomic mass is 32.2. The second-order valence-electron chi connectivity index (χ2n) is 4.12. The van der Waals surface area contributed by atoms with Gasteiger partial charge in [0.05, 0.1) is 23.7 Å². The minimum Gasteiger partial charge on any atom is -0.313 e. The van der Waals surface area contributed by atoms with Crippen molar-refractivity contribution in [1.82, 2.24) is 15.3 Å². The number of sulfone groups is 1. The normalized spacial score (nSPS) is 18.4. The van der Waals surface area contributed by atoms with Crippen molar-refractivity contribution < 1.29 is 8.42 Å². The number of aryl methyl sites for hydroxylation is 1. The van der Waals surface area contributed by atoms with Gasteiger partial charge in [0.25, 0.3) is 5.56 Å². The van der Waals surface area contributed by atoms with Crippen molar-refractivity contribution in [2.75, 3.05) is 18.6 Å². The zero-order valence-corrected chi connectivity index (χ0v) is 10.4. The van der Waals surface area contributed by atoms with Crippen molar-refractivity contribution in [2.45, 2.75) is 19.4 Å². The monoisotopic (exact) mass is 257 g/mol. The van der Waals surface area contributed by atoms with Crippen LogP contribution in [0.1, 0.15) is 17.1 Å². The van der Waals surface area contributed by atoms with Gasteiger partial charge in [-0.3, -0.25) is 4.79 Å². The summed E-state index contributed by atoms with van der Waals surface area (Å²) in [4.78, 5) is 18.8. The number of nitrogens with one attached hydrogen (secondary N) is 2. The SMILES string of the molecule is CNCc1nc2c(c(=O)[nH]1)CCS(=O)(=O)CC2. The van der Waals surface area contributed by atoms with Crippen LogP contribution < -0.4 is 10.9 Å². The molecule has 2 heterocycles. The molecular weight excluding hydrogens is 242 g/mol. The van der Waals surface area contributed by atoms with Crippen LogP contribution in [0.5, 0.6) is 0 Å². The summed E-state index contributed by atoms with van der Waals surface area (Å²) < 4.78 is 23.0. The molecule has 0 unspecified atom stereocenters. The lowest BCUT2D eigenvalue weighted by Gasteiger charge is -2.05. The summed E-state index contributed by atoms with van der Waals surface area (Å²) in [6, 6.07) is 0. The van der Waals surface area contributed by atoms with Gasteiger partial charge in [-0.2, -0.15) is 0 Å². The fourth-order valence-corrected chi connectivity index (χ4v) is 3.15. The van der Waals surface area contributed by atoms with E-state index in [4.69, 9.17) is 0 Å². The van der Waals surface area contributed by atoms with Crippen molar-refractivity contribution in [3.8, 4) is 0 Å². The average molecular weight is 257 g/mol. The molecule has 2 rings (SSSR count). The van der Waals surface area contributed by atoms with Gasteiger partial charge in [-0.1, -0.05) is 0 Å². The van der Waals surface area contributed by atoms with Crippen LogP contribution in [0, 0.1) is 0 Å². The number of H-pyrrole nitrogens is 1. The van der Waals surface area contributed by atoms with Gasteiger partial charge in [-0.15, -0.1) is 0 Å². The van der Waals surface area contributed by atoms with E-state index in [2.05, 4.69) is 15.3 Å². The van der Waals surface area contributed by atoms with Gasteiger partial charge >= 0.3 is 0 Å². The lowest BCUT2D eigenvalue weighted by atomic mass is 10.1. The van der Waals surface area contributed by atoms with E-state index in [9.17, 15) is 13.2 Å². The Morgan fingerprint density at radius 1 is 1.35 bits per heavy atom. The molecule has 0 saturated carbocycles. The molecule has 6 nitrogen and oxygen atoms in total. The number of rotatable bonds is 2. The molecule has 0 saturated heterocycles. The van der Waals surface area contributed by atoms with E-state index in [0.29, 0.717) is 30.0 Å². The maximum atomic E-state index is 11.8. The lowest BCUT2D eigenvalue weighted by Crippen LogP contribution is -2.22. The van der Waals surface area contributed by atoms with E-state index < -0.39 is 9.84 Å². The van der Waals surface area contributed by atoms with E-state index in [1.54, 1.807) is 7.05 Å². The molecule has 0 bridgehead atoms. The molecule has 0 fully saturated rings. The highest BCUT2D eigenvalue weighted by Gasteiger charge is 2.21. The number of aromatic nitrogens is 2. The minimum absolute atomic E-state index is 0.0378. The Kier molecular flexibility index (Phi) is 3.30. The van der Waals surface area contributed by atoms with Gasteiger partial charge < -0.3 is 10.3 Å². The molecule has 0 radical (unpaired) electrons. The molecule has 1 aliphatic rings. The highest BCUT2D eigenvalue weighted by Crippen LogP contribution is 2.11. The first-order valence-electron chi connectivity index (χ1n) is 5.48. The van der Waals surface area contributed by atoms with Gasteiger partial charge in [0, 0.05) is 12.0 Å². The third-order valence-electron chi connectivity index (χ3n) is 2.81. The quantitative estimate of drug-likeness (QED) is 0.709. The van der Waals surface area contributed by atoms with Crippen LogP contribution in [0.15, 0.2) is 4.79 Å². The first-order valence-corrected chi connectivity index (χ1v) is 7.30. The first-order chi connectivity index (χ1) is 8.02. The Labute approximate surface area is 99.4 Å². The third kappa shape index (κ3) is 2.73. The summed E-state index contributed by atoms with van der Waals surface area (Å²) in [6.07, 6.45) is 0.595. The van der Waals surface area contributed by atoms with Crippen LogP contribution in [0.25, 0.3) is 0 Å². The molecule has 7 heteroatoms. The number of nitrogens with zero attached hydrogens (tertiary/aromatic N) is 1. The first kappa shape index (κ1) is 12.3.